The molecule has 1 heterocycles. The first kappa shape index (κ1) is 27.3. The Kier molecular flexibility index (Phi) is 8.56. The lowest BCUT2D eigenvalue weighted by atomic mass is 10.1. The number of anilines is 3. The molecule has 0 radical (unpaired) electrons. The van der Waals surface area contributed by atoms with Gasteiger partial charge in [-0.3, -0.25) is 24.6 Å². The Balaban J connectivity index is 1.44. The highest BCUT2D eigenvalue weighted by Crippen LogP contribution is 2.28. The summed E-state index contributed by atoms with van der Waals surface area (Å²) in [6.07, 6.45) is 0. The summed E-state index contributed by atoms with van der Waals surface area (Å²) in [5.74, 6) is -0.432. The minimum absolute atomic E-state index is 0.0690. The Morgan fingerprint density at radius 1 is 0.923 bits per heavy atom. The van der Waals surface area contributed by atoms with Gasteiger partial charge >= 0.3 is 0 Å². The Bertz CT molecular complexity index is 1340. The van der Waals surface area contributed by atoms with Crippen LogP contribution in [-0.2, 0) is 4.79 Å². The highest BCUT2D eigenvalue weighted by molar-refractivity contribution is 6.10. The van der Waals surface area contributed by atoms with Gasteiger partial charge in [0.1, 0.15) is 17.3 Å². The van der Waals surface area contributed by atoms with Crippen molar-refractivity contribution in [2.45, 2.75) is 0 Å². The molecule has 0 bridgehead atoms. The highest BCUT2D eigenvalue weighted by atomic mass is 19.1. The first-order chi connectivity index (χ1) is 18.7. The van der Waals surface area contributed by atoms with Gasteiger partial charge < -0.3 is 25.0 Å². The number of halogens is 1. The van der Waals surface area contributed by atoms with Crippen LogP contribution >= 0.6 is 0 Å². The first-order valence-electron chi connectivity index (χ1n) is 12.1. The van der Waals surface area contributed by atoms with Gasteiger partial charge in [-0.2, -0.15) is 0 Å². The molecular weight excluding hydrogens is 509 g/mol. The third-order valence-corrected chi connectivity index (χ3v) is 6.27. The lowest BCUT2D eigenvalue weighted by Crippen LogP contribution is -2.48. The van der Waals surface area contributed by atoms with Crippen LogP contribution in [0.3, 0.4) is 0 Å². The number of carbonyl (C=O) groups excluding carboxylic acids is 2. The van der Waals surface area contributed by atoms with Crippen LogP contribution in [0.1, 0.15) is 10.4 Å². The predicted octanol–water partition coefficient (Wildman–Crippen LogP) is 3.76. The summed E-state index contributed by atoms with van der Waals surface area (Å²) in [7, 11) is 2.94. The number of methoxy groups -OCH3 is 2. The molecule has 2 amide bonds. The van der Waals surface area contributed by atoms with Gasteiger partial charge in [-0.25, -0.2) is 4.39 Å². The normalized spacial score (nSPS) is 13.5. The first-order valence-corrected chi connectivity index (χ1v) is 12.1. The number of ether oxygens (including phenoxy) is 2. The molecule has 3 aromatic carbocycles. The minimum atomic E-state index is -0.655. The lowest BCUT2D eigenvalue weighted by molar-refractivity contribution is -0.384. The second-order valence-corrected chi connectivity index (χ2v) is 8.83. The van der Waals surface area contributed by atoms with E-state index in [1.165, 1.54) is 38.5 Å². The van der Waals surface area contributed by atoms with Gasteiger partial charge in [-0.15, -0.1) is 0 Å². The van der Waals surface area contributed by atoms with Crippen molar-refractivity contribution in [3.05, 3.63) is 82.2 Å². The average Bonchev–Trinajstić information content (AvgIpc) is 2.93. The van der Waals surface area contributed by atoms with Crippen LogP contribution in [0.25, 0.3) is 0 Å². The SMILES string of the molecule is COc1cc(NC(=O)c2cc([N+](=O)[O-])ccc2NC(=O)CN2CCN(c3ccc(F)cc3)CC2)cc(OC)c1. The smallest absolute Gasteiger partial charge is 0.270 e. The van der Waals surface area contributed by atoms with E-state index in [1.54, 1.807) is 30.3 Å². The average molecular weight is 538 g/mol. The molecule has 0 spiro atoms. The number of amides is 2. The van der Waals surface area contributed by atoms with Crippen molar-refractivity contribution < 1.29 is 28.4 Å². The van der Waals surface area contributed by atoms with E-state index >= 15 is 0 Å². The molecule has 0 saturated carbocycles. The standard InChI is InChI=1S/C27H28FN5O6/c1-38-22-13-19(14-23(16-22)39-2)29-27(35)24-15-21(33(36)37)7-8-25(24)30-26(34)17-31-9-11-32(12-10-31)20-5-3-18(28)4-6-20/h3-8,13-16H,9-12,17H2,1-2H3,(H,29,35)(H,30,34). The van der Waals surface area contributed by atoms with E-state index in [9.17, 15) is 24.1 Å². The zero-order valence-corrected chi connectivity index (χ0v) is 21.5. The van der Waals surface area contributed by atoms with Crippen molar-refractivity contribution in [3.63, 3.8) is 0 Å². The Morgan fingerprint density at radius 2 is 1.56 bits per heavy atom. The number of carbonyl (C=O) groups is 2. The van der Waals surface area contributed by atoms with Crippen molar-refractivity contribution in [2.24, 2.45) is 0 Å². The van der Waals surface area contributed by atoms with E-state index in [0.717, 1.165) is 11.8 Å². The van der Waals surface area contributed by atoms with E-state index < -0.39 is 10.8 Å². The third kappa shape index (κ3) is 6.99. The van der Waals surface area contributed by atoms with E-state index in [4.69, 9.17) is 9.47 Å². The molecule has 0 aliphatic carbocycles. The summed E-state index contributed by atoms with van der Waals surface area (Å²) in [6.45, 7) is 2.61. The van der Waals surface area contributed by atoms with Crippen LogP contribution in [0.5, 0.6) is 11.5 Å². The monoisotopic (exact) mass is 537 g/mol. The number of nitro groups is 1. The van der Waals surface area contributed by atoms with E-state index in [-0.39, 0.29) is 35.2 Å². The third-order valence-electron chi connectivity index (χ3n) is 6.27. The van der Waals surface area contributed by atoms with Crippen LogP contribution in [0.2, 0.25) is 0 Å². The number of hydrogen-bond donors (Lipinski definition) is 2. The molecule has 204 valence electrons. The summed E-state index contributed by atoms with van der Waals surface area (Å²) in [6, 6.07) is 14.7. The summed E-state index contributed by atoms with van der Waals surface area (Å²) in [4.78, 5) is 40.9. The van der Waals surface area contributed by atoms with Crippen molar-refractivity contribution in [3.8, 4) is 11.5 Å². The quantitative estimate of drug-likeness (QED) is 0.312. The van der Waals surface area contributed by atoms with Gasteiger partial charge in [0.05, 0.1) is 36.9 Å². The molecule has 0 aromatic heterocycles. The molecule has 1 aliphatic heterocycles. The zero-order valence-electron chi connectivity index (χ0n) is 21.5. The number of hydrogen-bond acceptors (Lipinski definition) is 8. The fourth-order valence-electron chi connectivity index (χ4n) is 4.23. The molecule has 4 rings (SSSR count). The molecular formula is C27H28FN5O6. The molecule has 12 heteroatoms. The van der Waals surface area contributed by atoms with Crippen LogP contribution in [0.4, 0.5) is 27.1 Å². The predicted molar refractivity (Wildman–Crippen MR) is 144 cm³/mol. The van der Waals surface area contributed by atoms with Crippen molar-refractivity contribution in [2.75, 3.05) is 62.5 Å². The van der Waals surface area contributed by atoms with Crippen LogP contribution in [0, 0.1) is 15.9 Å². The van der Waals surface area contributed by atoms with E-state index in [0.29, 0.717) is 43.4 Å². The highest BCUT2D eigenvalue weighted by Gasteiger charge is 2.22. The Morgan fingerprint density at radius 3 is 2.15 bits per heavy atom. The fraction of sp³-hybridized carbons (Fsp3) is 0.259. The second-order valence-electron chi connectivity index (χ2n) is 8.83. The van der Waals surface area contributed by atoms with Gasteiger partial charge in [0.15, 0.2) is 0 Å². The van der Waals surface area contributed by atoms with Crippen molar-refractivity contribution in [1.82, 2.24) is 4.90 Å². The van der Waals surface area contributed by atoms with Crippen LogP contribution in [-0.4, -0.2) is 68.6 Å². The van der Waals surface area contributed by atoms with Gasteiger partial charge in [0.25, 0.3) is 11.6 Å². The summed E-state index contributed by atoms with van der Waals surface area (Å²) >= 11 is 0. The fourth-order valence-corrected chi connectivity index (χ4v) is 4.23. The number of nitrogens with zero attached hydrogens (tertiary/aromatic N) is 3. The van der Waals surface area contributed by atoms with Crippen LogP contribution in [0.15, 0.2) is 60.7 Å². The largest absolute Gasteiger partial charge is 0.497 e. The van der Waals surface area contributed by atoms with Gasteiger partial charge in [-0.05, 0) is 30.3 Å². The van der Waals surface area contributed by atoms with E-state index in [2.05, 4.69) is 15.5 Å². The Labute approximate surface area is 224 Å². The van der Waals surface area contributed by atoms with Gasteiger partial charge in [-0.1, -0.05) is 0 Å². The molecule has 11 nitrogen and oxygen atoms in total. The molecule has 39 heavy (non-hydrogen) atoms. The van der Waals surface area contributed by atoms with Gasteiger partial charge in [0, 0.05) is 67.9 Å². The molecule has 0 unspecified atom stereocenters. The van der Waals surface area contributed by atoms with Crippen molar-refractivity contribution in [1.29, 1.82) is 0 Å². The Hall–Kier alpha value is -4.71. The summed E-state index contributed by atoms with van der Waals surface area (Å²) in [5, 5.41) is 16.8. The summed E-state index contributed by atoms with van der Waals surface area (Å²) in [5.41, 5.74) is 1.04. The number of piperazine rings is 1. The maximum Gasteiger partial charge on any atom is 0.270 e. The summed E-state index contributed by atoms with van der Waals surface area (Å²) < 4.78 is 23.6. The molecule has 1 aliphatic rings. The number of nitrogens with one attached hydrogen (secondary N) is 2. The number of non-ortho nitro benzene ring substituents is 1. The molecule has 1 saturated heterocycles. The van der Waals surface area contributed by atoms with E-state index in [1.807, 2.05) is 4.90 Å². The molecule has 0 atom stereocenters. The lowest BCUT2D eigenvalue weighted by Gasteiger charge is -2.35. The maximum absolute atomic E-state index is 13.2. The minimum Gasteiger partial charge on any atom is -0.497 e. The molecule has 1 fully saturated rings. The molecule has 2 N–H and O–H groups in total. The number of nitro benzene ring substituents is 1. The number of rotatable bonds is 9. The number of benzene rings is 3. The van der Waals surface area contributed by atoms with Gasteiger partial charge in [0.2, 0.25) is 5.91 Å². The topological polar surface area (TPSA) is 126 Å². The molecule has 3 aromatic rings. The second kappa shape index (κ2) is 12.2. The van der Waals surface area contributed by atoms with Crippen LogP contribution < -0.4 is 25.0 Å². The van der Waals surface area contributed by atoms with Crippen molar-refractivity contribution >= 4 is 34.6 Å². The zero-order chi connectivity index (χ0) is 27.9. The maximum atomic E-state index is 13.2.